The highest BCUT2D eigenvalue weighted by Crippen LogP contribution is 2.47. The summed E-state index contributed by atoms with van der Waals surface area (Å²) in [4.78, 5) is 41.7. The Balaban J connectivity index is 1.25. The number of nitrogens with one attached hydrogen (secondary N) is 2. The Morgan fingerprint density at radius 1 is 0.865 bits per heavy atom. The number of fused-ring (bicyclic) bond motifs is 1. The van der Waals surface area contributed by atoms with Crippen LogP contribution in [0.1, 0.15) is 23.2 Å². The first-order chi connectivity index (χ1) is 17.9. The first kappa shape index (κ1) is 23.9. The number of benzene rings is 3. The number of methoxy groups -OCH3 is 1. The molecular weight excluding hydrogens is 477 g/mol. The Hall–Kier alpha value is -4.79. The zero-order valence-corrected chi connectivity index (χ0v) is 19.8. The van der Waals surface area contributed by atoms with Crippen molar-refractivity contribution >= 4 is 40.1 Å². The SMILES string of the molecule is COC(=O)c1ccc2c(Oc3ccc(NC(=O)C4(C(=O)Nc5ccc(F)cc5)CC4)cc3)ccnc2c1. The number of pyridine rings is 1. The summed E-state index contributed by atoms with van der Waals surface area (Å²) < 4.78 is 23.9. The van der Waals surface area contributed by atoms with Gasteiger partial charge in [-0.3, -0.25) is 14.6 Å². The molecule has 1 aliphatic carbocycles. The molecule has 8 nitrogen and oxygen atoms in total. The quantitative estimate of drug-likeness (QED) is 0.264. The van der Waals surface area contributed by atoms with E-state index in [0.29, 0.717) is 46.8 Å². The molecule has 0 atom stereocenters. The lowest BCUT2D eigenvalue weighted by Gasteiger charge is -2.16. The van der Waals surface area contributed by atoms with Crippen molar-refractivity contribution in [3.8, 4) is 11.5 Å². The van der Waals surface area contributed by atoms with Crippen LogP contribution in [0.5, 0.6) is 11.5 Å². The van der Waals surface area contributed by atoms with E-state index >= 15 is 0 Å². The van der Waals surface area contributed by atoms with Gasteiger partial charge in [-0.2, -0.15) is 0 Å². The molecule has 0 aliphatic heterocycles. The number of esters is 1. The molecule has 37 heavy (non-hydrogen) atoms. The number of halogens is 1. The molecule has 0 saturated heterocycles. The number of carbonyl (C=O) groups is 3. The second-order valence-corrected chi connectivity index (χ2v) is 8.66. The number of carbonyl (C=O) groups excluding carboxylic acids is 3. The van der Waals surface area contributed by atoms with Gasteiger partial charge in [0.05, 0.1) is 18.2 Å². The number of amides is 2. The van der Waals surface area contributed by atoms with E-state index in [1.165, 1.54) is 31.4 Å². The predicted octanol–water partition coefficient (Wildman–Crippen LogP) is 5.31. The van der Waals surface area contributed by atoms with Crippen LogP contribution in [0.2, 0.25) is 0 Å². The molecule has 1 aromatic heterocycles. The number of nitrogens with zero attached hydrogens (tertiary/aromatic N) is 1. The van der Waals surface area contributed by atoms with Crippen molar-refractivity contribution in [2.75, 3.05) is 17.7 Å². The summed E-state index contributed by atoms with van der Waals surface area (Å²) in [6.07, 6.45) is 2.44. The van der Waals surface area contributed by atoms with Crippen LogP contribution in [0.3, 0.4) is 0 Å². The first-order valence-electron chi connectivity index (χ1n) is 11.5. The summed E-state index contributed by atoms with van der Waals surface area (Å²) in [6, 6.07) is 18.9. The number of anilines is 2. The van der Waals surface area contributed by atoms with Gasteiger partial charge in [0.25, 0.3) is 0 Å². The van der Waals surface area contributed by atoms with Crippen molar-refractivity contribution in [1.82, 2.24) is 4.98 Å². The van der Waals surface area contributed by atoms with E-state index in [2.05, 4.69) is 15.6 Å². The lowest BCUT2D eigenvalue weighted by atomic mass is 10.0. The number of rotatable bonds is 7. The van der Waals surface area contributed by atoms with Gasteiger partial charge in [-0.25, -0.2) is 9.18 Å². The molecule has 0 bridgehead atoms. The molecule has 1 aliphatic rings. The van der Waals surface area contributed by atoms with Gasteiger partial charge in [-0.1, -0.05) is 0 Å². The third-order valence-electron chi connectivity index (χ3n) is 6.19. The molecule has 4 aromatic rings. The lowest BCUT2D eigenvalue weighted by molar-refractivity contribution is -0.131. The molecule has 9 heteroatoms. The van der Waals surface area contributed by atoms with Gasteiger partial charge < -0.3 is 20.1 Å². The fourth-order valence-corrected chi connectivity index (χ4v) is 3.91. The molecule has 3 aromatic carbocycles. The minimum Gasteiger partial charge on any atom is -0.465 e. The summed E-state index contributed by atoms with van der Waals surface area (Å²) in [5, 5.41) is 6.20. The van der Waals surface area contributed by atoms with Crippen LogP contribution >= 0.6 is 0 Å². The average Bonchev–Trinajstić information content (AvgIpc) is 3.73. The topological polar surface area (TPSA) is 107 Å². The summed E-state index contributed by atoms with van der Waals surface area (Å²) in [7, 11) is 1.32. The largest absolute Gasteiger partial charge is 0.465 e. The third-order valence-corrected chi connectivity index (χ3v) is 6.19. The summed E-state index contributed by atoms with van der Waals surface area (Å²) >= 11 is 0. The van der Waals surface area contributed by atoms with Crippen LogP contribution in [-0.4, -0.2) is 29.9 Å². The molecule has 1 saturated carbocycles. The van der Waals surface area contributed by atoms with Crippen molar-refractivity contribution < 1.29 is 28.2 Å². The minimum atomic E-state index is -1.15. The Morgan fingerprint density at radius 3 is 2.08 bits per heavy atom. The number of hydrogen-bond acceptors (Lipinski definition) is 6. The van der Waals surface area contributed by atoms with E-state index in [1.807, 2.05) is 0 Å². The maximum atomic E-state index is 13.1. The van der Waals surface area contributed by atoms with Crippen LogP contribution in [0.25, 0.3) is 10.9 Å². The normalized spacial score (nSPS) is 13.5. The zero-order chi connectivity index (χ0) is 26.0. The average molecular weight is 499 g/mol. The molecule has 2 N–H and O–H groups in total. The minimum absolute atomic E-state index is 0.388. The van der Waals surface area contributed by atoms with Gasteiger partial charge in [-0.05, 0) is 85.6 Å². The van der Waals surface area contributed by atoms with Crippen molar-refractivity contribution in [2.45, 2.75) is 12.8 Å². The molecule has 186 valence electrons. The third kappa shape index (κ3) is 4.97. The highest BCUT2D eigenvalue weighted by molar-refractivity contribution is 6.16. The second-order valence-electron chi connectivity index (χ2n) is 8.66. The molecule has 1 fully saturated rings. The van der Waals surface area contributed by atoms with Crippen LogP contribution in [0, 0.1) is 11.2 Å². The van der Waals surface area contributed by atoms with Gasteiger partial charge in [0.1, 0.15) is 22.7 Å². The molecule has 5 rings (SSSR count). The van der Waals surface area contributed by atoms with E-state index in [4.69, 9.17) is 9.47 Å². The summed E-state index contributed by atoms with van der Waals surface area (Å²) in [5.41, 5.74) is 0.762. The van der Waals surface area contributed by atoms with Gasteiger partial charge in [0.15, 0.2) is 0 Å². The second kappa shape index (κ2) is 9.69. The first-order valence-corrected chi connectivity index (χ1v) is 11.5. The maximum Gasteiger partial charge on any atom is 0.337 e. The fourth-order valence-electron chi connectivity index (χ4n) is 3.91. The molecule has 2 amide bonds. The van der Waals surface area contributed by atoms with Crippen LogP contribution in [-0.2, 0) is 14.3 Å². The monoisotopic (exact) mass is 499 g/mol. The number of ether oxygens (including phenoxy) is 2. The van der Waals surface area contributed by atoms with Crippen molar-refractivity contribution in [1.29, 1.82) is 0 Å². The van der Waals surface area contributed by atoms with Crippen LogP contribution < -0.4 is 15.4 Å². The van der Waals surface area contributed by atoms with E-state index in [-0.39, 0.29) is 0 Å². The van der Waals surface area contributed by atoms with Gasteiger partial charge >= 0.3 is 5.97 Å². The van der Waals surface area contributed by atoms with Gasteiger partial charge in [0.2, 0.25) is 11.8 Å². The van der Waals surface area contributed by atoms with E-state index < -0.39 is 29.0 Å². The lowest BCUT2D eigenvalue weighted by Crippen LogP contribution is -2.35. The smallest absolute Gasteiger partial charge is 0.337 e. The Kier molecular flexibility index (Phi) is 6.27. The van der Waals surface area contributed by atoms with Gasteiger partial charge in [0, 0.05) is 23.0 Å². The predicted molar refractivity (Wildman–Crippen MR) is 135 cm³/mol. The Bertz CT molecular complexity index is 1500. The fraction of sp³-hybridized carbons (Fsp3) is 0.143. The summed E-state index contributed by atoms with van der Waals surface area (Å²) in [5.74, 6) is -0.605. The standard InChI is InChI=1S/C28H22FN3O5/c1-36-25(33)17-2-11-22-23(16-17)30-15-12-24(22)37-21-9-7-20(8-10-21)32-27(35)28(13-14-28)26(34)31-19-5-3-18(29)4-6-19/h2-12,15-16H,13-14H2,1H3,(H,31,34)(H,32,35). The van der Waals surface area contributed by atoms with Crippen molar-refractivity contribution in [2.24, 2.45) is 5.41 Å². The van der Waals surface area contributed by atoms with Gasteiger partial charge in [-0.15, -0.1) is 0 Å². The van der Waals surface area contributed by atoms with Crippen molar-refractivity contribution in [3.05, 3.63) is 90.4 Å². The highest BCUT2D eigenvalue weighted by atomic mass is 19.1. The molecule has 1 heterocycles. The highest BCUT2D eigenvalue weighted by Gasteiger charge is 2.56. The van der Waals surface area contributed by atoms with E-state index in [1.54, 1.807) is 54.7 Å². The zero-order valence-electron chi connectivity index (χ0n) is 19.8. The number of hydrogen-bond donors (Lipinski definition) is 2. The molecule has 0 unspecified atom stereocenters. The van der Waals surface area contributed by atoms with E-state index in [0.717, 1.165) is 5.39 Å². The van der Waals surface area contributed by atoms with Crippen LogP contribution in [0.15, 0.2) is 79.0 Å². The van der Waals surface area contributed by atoms with Crippen LogP contribution in [0.4, 0.5) is 15.8 Å². The molecular formula is C28H22FN3O5. The maximum absolute atomic E-state index is 13.1. The summed E-state index contributed by atoms with van der Waals surface area (Å²) in [6.45, 7) is 0. The molecule has 0 spiro atoms. The Morgan fingerprint density at radius 2 is 1.49 bits per heavy atom. The van der Waals surface area contributed by atoms with Crippen molar-refractivity contribution in [3.63, 3.8) is 0 Å². The number of aromatic nitrogens is 1. The van der Waals surface area contributed by atoms with E-state index in [9.17, 15) is 18.8 Å². The Labute approximate surface area is 211 Å². The molecule has 0 radical (unpaired) electrons.